The van der Waals surface area contributed by atoms with Crippen molar-refractivity contribution in [3.8, 4) is 17.5 Å². The smallest absolute Gasteiger partial charge is 0.235 e. The first-order valence-electron chi connectivity index (χ1n) is 8.91. The van der Waals surface area contributed by atoms with Gasteiger partial charge in [0.2, 0.25) is 17.5 Å². The van der Waals surface area contributed by atoms with Crippen molar-refractivity contribution in [2.75, 3.05) is 31.1 Å². The minimum absolute atomic E-state index is 0.321. The number of rotatable bonds is 4. The lowest BCUT2D eigenvalue weighted by atomic mass is 10.2. The number of aromatic nitrogens is 1. The Balaban J connectivity index is 1.47. The SMILES string of the molecule is N#Cc1nc(-c2cccc(Cl)c2)oc1N1CCN(Cc2ccccc2)CC1. The van der Waals surface area contributed by atoms with Crippen LogP contribution in [0.1, 0.15) is 11.3 Å². The van der Waals surface area contributed by atoms with Crippen LogP contribution < -0.4 is 4.90 Å². The summed E-state index contributed by atoms with van der Waals surface area (Å²) in [4.78, 5) is 8.87. The summed E-state index contributed by atoms with van der Waals surface area (Å²) >= 11 is 6.06. The van der Waals surface area contributed by atoms with Crippen LogP contribution in [0.3, 0.4) is 0 Å². The molecule has 0 spiro atoms. The summed E-state index contributed by atoms with van der Waals surface area (Å²) < 4.78 is 5.95. The highest BCUT2D eigenvalue weighted by Gasteiger charge is 2.24. The molecule has 27 heavy (non-hydrogen) atoms. The van der Waals surface area contributed by atoms with E-state index in [4.69, 9.17) is 16.0 Å². The lowest BCUT2D eigenvalue weighted by Crippen LogP contribution is -2.46. The molecular formula is C21H19ClN4O. The van der Waals surface area contributed by atoms with Gasteiger partial charge in [-0.05, 0) is 23.8 Å². The molecule has 1 aromatic heterocycles. The summed E-state index contributed by atoms with van der Waals surface area (Å²) in [5.74, 6) is 0.975. The van der Waals surface area contributed by atoms with E-state index < -0.39 is 0 Å². The number of hydrogen-bond donors (Lipinski definition) is 0. The van der Waals surface area contributed by atoms with Gasteiger partial charge >= 0.3 is 0 Å². The first kappa shape index (κ1) is 17.6. The quantitative estimate of drug-likeness (QED) is 0.681. The Morgan fingerprint density at radius 1 is 1.04 bits per heavy atom. The van der Waals surface area contributed by atoms with E-state index in [0.29, 0.717) is 22.5 Å². The Bertz CT molecular complexity index is 956. The van der Waals surface area contributed by atoms with Crippen molar-refractivity contribution in [2.24, 2.45) is 0 Å². The molecule has 0 aliphatic carbocycles. The number of hydrogen-bond acceptors (Lipinski definition) is 5. The minimum atomic E-state index is 0.321. The average Bonchev–Trinajstić information content (AvgIpc) is 3.14. The third-order valence-corrected chi connectivity index (χ3v) is 4.93. The summed E-state index contributed by atoms with van der Waals surface area (Å²) in [6, 6.07) is 19.9. The fourth-order valence-electron chi connectivity index (χ4n) is 3.29. The van der Waals surface area contributed by atoms with Gasteiger partial charge in [-0.15, -0.1) is 0 Å². The number of oxazole rings is 1. The number of anilines is 1. The van der Waals surface area contributed by atoms with E-state index in [1.54, 1.807) is 12.1 Å². The lowest BCUT2D eigenvalue weighted by molar-refractivity contribution is 0.246. The summed E-state index contributed by atoms with van der Waals surface area (Å²) in [5, 5.41) is 10.1. The Morgan fingerprint density at radius 3 is 2.52 bits per heavy atom. The predicted molar refractivity (Wildman–Crippen MR) is 106 cm³/mol. The number of nitriles is 1. The van der Waals surface area contributed by atoms with E-state index in [1.165, 1.54) is 5.56 Å². The van der Waals surface area contributed by atoms with Crippen LogP contribution in [0.5, 0.6) is 0 Å². The molecular weight excluding hydrogens is 360 g/mol. The fourth-order valence-corrected chi connectivity index (χ4v) is 3.49. The third-order valence-electron chi connectivity index (χ3n) is 4.70. The first-order chi connectivity index (χ1) is 13.2. The Labute approximate surface area is 163 Å². The van der Waals surface area contributed by atoms with Crippen LogP contribution in [0, 0.1) is 11.3 Å². The van der Waals surface area contributed by atoms with Crippen molar-refractivity contribution >= 4 is 17.5 Å². The van der Waals surface area contributed by atoms with Crippen molar-refractivity contribution in [2.45, 2.75) is 6.54 Å². The van der Waals surface area contributed by atoms with Crippen LogP contribution in [0.15, 0.2) is 59.0 Å². The van der Waals surface area contributed by atoms with Gasteiger partial charge in [0.1, 0.15) is 6.07 Å². The topological polar surface area (TPSA) is 56.3 Å². The maximum Gasteiger partial charge on any atom is 0.235 e. The molecule has 0 unspecified atom stereocenters. The molecule has 1 saturated heterocycles. The minimum Gasteiger partial charge on any atom is -0.419 e. The predicted octanol–water partition coefficient (Wildman–Crippen LogP) is 4.19. The van der Waals surface area contributed by atoms with Gasteiger partial charge in [-0.25, -0.2) is 0 Å². The van der Waals surface area contributed by atoms with Gasteiger partial charge in [0.15, 0.2) is 0 Å². The fraction of sp³-hybridized carbons (Fsp3) is 0.238. The zero-order valence-corrected chi connectivity index (χ0v) is 15.6. The Morgan fingerprint density at radius 2 is 1.81 bits per heavy atom. The van der Waals surface area contributed by atoms with Crippen LogP contribution in [-0.2, 0) is 6.54 Å². The van der Waals surface area contributed by atoms with Crippen molar-refractivity contribution in [1.29, 1.82) is 5.26 Å². The van der Waals surface area contributed by atoms with Crippen molar-refractivity contribution in [3.05, 3.63) is 70.9 Å². The van der Waals surface area contributed by atoms with E-state index in [9.17, 15) is 5.26 Å². The molecule has 6 heteroatoms. The van der Waals surface area contributed by atoms with E-state index in [1.807, 2.05) is 18.2 Å². The van der Waals surface area contributed by atoms with Gasteiger partial charge in [-0.2, -0.15) is 10.2 Å². The number of halogens is 1. The summed E-state index contributed by atoms with van der Waals surface area (Å²) in [6.45, 7) is 4.35. The van der Waals surface area contributed by atoms with Crippen LogP contribution >= 0.6 is 11.6 Å². The molecule has 136 valence electrons. The summed E-state index contributed by atoms with van der Waals surface area (Å²) in [5.41, 5.74) is 2.40. The molecule has 0 bridgehead atoms. The maximum absolute atomic E-state index is 9.48. The van der Waals surface area contributed by atoms with Crippen LogP contribution in [0.25, 0.3) is 11.5 Å². The molecule has 0 N–H and O–H groups in total. The van der Waals surface area contributed by atoms with Gasteiger partial charge in [0.25, 0.3) is 0 Å². The molecule has 2 heterocycles. The molecule has 0 amide bonds. The zero-order chi connectivity index (χ0) is 18.6. The molecule has 2 aromatic carbocycles. The molecule has 1 aliphatic rings. The van der Waals surface area contributed by atoms with Crippen LogP contribution in [0.2, 0.25) is 5.02 Å². The van der Waals surface area contributed by atoms with Gasteiger partial charge in [0.05, 0.1) is 0 Å². The molecule has 5 nitrogen and oxygen atoms in total. The molecule has 0 radical (unpaired) electrons. The summed E-state index contributed by atoms with van der Waals surface area (Å²) in [7, 11) is 0. The number of piperazine rings is 1. The van der Waals surface area contributed by atoms with Crippen molar-refractivity contribution in [3.63, 3.8) is 0 Å². The number of nitrogens with zero attached hydrogens (tertiary/aromatic N) is 4. The van der Waals surface area contributed by atoms with E-state index in [-0.39, 0.29) is 0 Å². The highest BCUT2D eigenvalue weighted by molar-refractivity contribution is 6.30. The van der Waals surface area contributed by atoms with Crippen LogP contribution in [0.4, 0.5) is 5.88 Å². The summed E-state index contributed by atoms with van der Waals surface area (Å²) in [6.07, 6.45) is 0. The Kier molecular flexibility index (Phi) is 5.10. The standard InChI is InChI=1S/C21H19ClN4O/c22-18-8-4-7-17(13-18)20-24-19(14-23)21(27-20)26-11-9-25(10-12-26)15-16-5-2-1-3-6-16/h1-8,13H,9-12,15H2. The number of benzene rings is 2. The zero-order valence-electron chi connectivity index (χ0n) is 14.8. The van der Waals surface area contributed by atoms with Gasteiger partial charge in [-0.3, -0.25) is 4.90 Å². The second-order valence-electron chi connectivity index (χ2n) is 6.54. The van der Waals surface area contributed by atoms with Gasteiger partial charge in [0, 0.05) is 43.3 Å². The maximum atomic E-state index is 9.48. The second-order valence-corrected chi connectivity index (χ2v) is 6.98. The normalized spacial score (nSPS) is 14.9. The largest absolute Gasteiger partial charge is 0.419 e. The van der Waals surface area contributed by atoms with E-state index in [2.05, 4.69) is 45.1 Å². The van der Waals surface area contributed by atoms with E-state index in [0.717, 1.165) is 38.3 Å². The molecule has 4 rings (SSSR count). The van der Waals surface area contributed by atoms with Crippen molar-refractivity contribution < 1.29 is 4.42 Å². The molecule has 1 fully saturated rings. The first-order valence-corrected chi connectivity index (χ1v) is 9.29. The second kappa shape index (κ2) is 7.83. The molecule has 3 aromatic rings. The average molecular weight is 379 g/mol. The molecule has 0 atom stereocenters. The van der Waals surface area contributed by atoms with Crippen molar-refractivity contribution in [1.82, 2.24) is 9.88 Å². The van der Waals surface area contributed by atoms with E-state index >= 15 is 0 Å². The third kappa shape index (κ3) is 3.97. The van der Waals surface area contributed by atoms with Crippen LogP contribution in [-0.4, -0.2) is 36.1 Å². The molecule has 1 aliphatic heterocycles. The Hall–Kier alpha value is -2.81. The highest BCUT2D eigenvalue weighted by atomic mass is 35.5. The molecule has 0 saturated carbocycles. The highest BCUT2D eigenvalue weighted by Crippen LogP contribution is 2.30. The lowest BCUT2D eigenvalue weighted by Gasteiger charge is -2.34. The monoisotopic (exact) mass is 378 g/mol. The van der Waals surface area contributed by atoms with Gasteiger partial charge < -0.3 is 9.32 Å². The van der Waals surface area contributed by atoms with Gasteiger partial charge in [-0.1, -0.05) is 48.0 Å².